The van der Waals surface area contributed by atoms with Crippen LogP contribution in [0.4, 0.5) is 0 Å². The quantitative estimate of drug-likeness (QED) is 0.849. The molecule has 0 aromatic heterocycles. The van der Waals surface area contributed by atoms with Crippen molar-refractivity contribution in [3.63, 3.8) is 0 Å². The molecule has 5 nitrogen and oxygen atoms in total. The van der Waals surface area contributed by atoms with E-state index < -0.39 is 5.97 Å². The standard InChI is InChI=1S/C18H17NO4S/c1-23-13-8-6-12(7-9-13)17-19(10-11-24-17)16(20)14-4-2-3-5-15(14)18(21)22/h2-9,17H,10-11H2,1H3,(H,21,22)/p-1/t17-/m1/s1. The highest BCUT2D eigenvalue weighted by atomic mass is 32.2. The summed E-state index contributed by atoms with van der Waals surface area (Å²) in [5, 5.41) is 11.1. The maximum absolute atomic E-state index is 12.9. The van der Waals surface area contributed by atoms with Crippen molar-refractivity contribution in [2.75, 3.05) is 19.4 Å². The van der Waals surface area contributed by atoms with E-state index in [0.717, 1.165) is 17.1 Å². The minimum absolute atomic E-state index is 0.0760. The molecule has 1 fully saturated rings. The SMILES string of the molecule is COc1ccc([C@H]2SCCN2C(=O)c2ccccc2C(=O)[O-])cc1. The van der Waals surface area contributed by atoms with E-state index in [4.69, 9.17) is 4.74 Å². The number of rotatable bonds is 4. The zero-order valence-corrected chi connectivity index (χ0v) is 13.9. The summed E-state index contributed by atoms with van der Waals surface area (Å²) in [5.41, 5.74) is 1.07. The molecule has 1 aliphatic rings. The molecule has 1 amide bonds. The second-order valence-electron chi connectivity index (χ2n) is 5.33. The Hall–Kier alpha value is -2.47. The lowest BCUT2D eigenvalue weighted by atomic mass is 10.1. The first kappa shape index (κ1) is 16.4. The van der Waals surface area contributed by atoms with Crippen molar-refractivity contribution in [3.8, 4) is 5.75 Å². The van der Waals surface area contributed by atoms with Gasteiger partial charge in [0, 0.05) is 23.4 Å². The van der Waals surface area contributed by atoms with Gasteiger partial charge in [-0.15, -0.1) is 11.8 Å². The number of methoxy groups -OCH3 is 1. The summed E-state index contributed by atoms with van der Waals surface area (Å²) >= 11 is 1.66. The van der Waals surface area contributed by atoms with Crippen LogP contribution in [0.25, 0.3) is 0 Å². The van der Waals surface area contributed by atoms with Crippen LogP contribution in [0.1, 0.15) is 31.7 Å². The molecule has 6 heteroatoms. The van der Waals surface area contributed by atoms with Crippen LogP contribution in [0.5, 0.6) is 5.75 Å². The fraction of sp³-hybridized carbons (Fsp3) is 0.222. The van der Waals surface area contributed by atoms with Crippen molar-refractivity contribution < 1.29 is 19.4 Å². The summed E-state index contributed by atoms with van der Waals surface area (Å²) in [6.45, 7) is 0.571. The molecule has 0 saturated carbocycles. The van der Waals surface area contributed by atoms with Gasteiger partial charge in [-0.25, -0.2) is 0 Å². The lowest BCUT2D eigenvalue weighted by Crippen LogP contribution is -2.33. The highest BCUT2D eigenvalue weighted by Gasteiger charge is 2.32. The number of thioether (sulfide) groups is 1. The third-order valence-corrected chi connectivity index (χ3v) is 5.19. The zero-order valence-electron chi connectivity index (χ0n) is 13.1. The van der Waals surface area contributed by atoms with Gasteiger partial charge in [0.1, 0.15) is 11.1 Å². The Kier molecular flexibility index (Phi) is 4.76. The predicted octanol–water partition coefficient (Wildman–Crippen LogP) is 1.95. The third kappa shape index (κ3) is 3.10. The Labute approximate surface area is 144 Å². The van der Waals surface area contributed by atoms with Crippen molar-refractivity contribution in [1.29, 1.82) is 0 Å². The van der Waals surface area contributed by atoms with E-state index in [1.807, 2.05) is 24.3 Å². The topological polar surface area (TPSA) is 69.7 Å². The molecule has 0 radical (unpaired) electrons. The highest BCUT2D eigenvalue weighted by Crippen LogP contribution is 2.39. The van der Waals surface area contributed by atoms with Gasteiger partial charge in [-0.05, 0) is 23.8 Å². The Bertz CT molecular complexity index is 760. The van der Waals surface area contributed by atoms with Crippen molar-refractivity contribution in [3.05, 3.63) is 65.2 Å². The van der Waals surface area contributed by atoms with Crippen LogP contribution in [-0.2, 0) is 0 Å². The lowest BCUT2D eigenvalue weighted by molar-refractivity contribution is -0.255. The molecule has 1 saturated heterocycles. The van der Waals surface area contributed by atoms with Gasteiger partial charge in [0.05, 0.1) is 13.1 Å². The van der Waals surface area contributed by atoms with E-state index in [9.17, 15) is 14.7 Å². The summed E-state index contributed by atoms with van der Waals surface area (Å²) in [7, 11) is 1.60. The molecular weight excluding hydrogens is 326 g/mol. The van der Waals surface area contributed by atoms with Crippen molar-refractivity contribution in [1.82, 2.24) is 4.90 Å². The molecule has 124 valence electrons. The number of ether oxygens (including phenoxy) is 1. The second kappa shape index (κ2) is 6.97. The number of carbonyl (C=O) groups is 2. The normalized spacial score (nSPS) is 16.9. The molecule has 2 aromatic rings. The summed E-state index contributed by atoms with van der Waals surface area (Å²) < 4.78 is 5.16. The van der Waals surface area contributed by atoms with Crippen LogP contribution in [0, 0.1) is 0 Å². The molecule has 0 bridgehead atoms. The molecule has 2 aromatic carbocycles. The Morgan fingerprint density at radius 3 is 2.42 bits per heavy atom. The fourth-order valence-electron chi connectivity index (χ4n) is 2.72. The van der Waals surface area contributed by atoms with E-state index in [1.54, 1.807) is 35.9 Å². The summed E-state index contributed by atoms with van der Waals surface area (Å²) in [4.78, 5) is 25.8. The second-order valence-corrected chi connectivity index (χ2v) is 6.52. The maximum Gasteiger partial charge on any atom is 0.255 e. The van der Waals surface area contributed by atoms with Crippen LogP contribution in [-0.4, -0.2) is 36.2 Å². The van der Waals surface area contributed by atoms with Gasteiger partial charge < -0.3 is 19.5 Å². The minimum atomic E-state index is -1.34. The number of carbonyl (C=O) groups excluding carboxylic acids is 2. The fourth-order valence-corrected chi connectivity index (χ4v) is 3.98. The average molecular weight is 342 g/mol. The van der Waals surface area contributed by atoms with Crippen molar-refractivity contribution in [2.24, 2.45) is 0 Å². The highest BCUT2D eigenvalue weighted by molar-refractivity contribution is 7.99. The summed E-state index contributed by atoms with van der Waals surface area (Å²) in [6.07, 6.45) is 0. The number of hydrogen-bond acceptors (Lipinski definition) is 5. The molecule has 3 rings (SSSR count). The first-order chi connectivity index (χ1) is 11.6. The van der Waals surface area contributed by atoms with E-state index in [2.05, 4.69) is 0 Å². The van der Waals surface area contributed by atoms with Crippen LogP contribution in [0.3, 0.4) is 0 Å². The Balaban J connectivity index is 1.90. The van der Waals surface area contributed by atoms with E-state index >= 15 is 0 Å². The Morgan fingerprint density at radius 2 is 1.79 bits per heavy atom. The van der Waals surface area contributed by atoms with Crippen molar-refractivity contribution >= 4 is 23.6 Å². The molecule has 1 aliphatic heterocycles. The number of carboxylic acid groups (broad SMARTS) is 1. The van der Waals surface area contributed by atoms with E-state index in [-0.39, 0.29) is 22.4 Å². The number of hydrogen-bond donors (Lipinski definition) is 0. The number of benzene rings is 2. The van der Waals surface area contributed by atoms with Crippen molar-refractivity contribution in [2.45, 2.75) is 5.37 Å². The molecule has 0 spiro atoms. The molecule has 0 unspecified atom stereocenters. The van der Waals surface area contributed by atoms with Gasteiger partial charge in [0.25, 0.3) is 5.91 Å². The predicted molar refractivity (Wildman–Crippen MR) is 90.0 cm³/mol. The van der Waals surface area contributed by atoms with E-state index in [0.29, 0.717) is 6.54 Å². The molecule has 1 atom stereocenters. The number of nitrogens with zero attached hydrogens (tertiary/aromatic N) is 1. The summed E-state index contributed by atoms with van der Waals surface area (Å²) in [6, 6.07) is 13.7. The van der Waals surface area contributed by atoms with Gasteiger partial charge in [-0.3, -0.25) is 4.79 Å². The minimum Gasteiger partial charge on any atom is -0.545 e. The third-order valence-electron chi connectivity index (χ3n) is 3.93. The van der Waals surface area contributed by atoms with Crippen LogP contribution in [0.2, 0.25) is 0 Å². The maximum atomic E-state index is 12.9. The van der Waals surface area contributed by atoms with Gasteiger partial charge in [-0.1, -0.05) is 30.3 Å². The Morgan fingerprint density at radius 1 is 1.12 bits per heavy atom. The lowest BCUT2D eigenvalue weighted by Gasteiger charge is -2.25. The number of carboxylic acids is 1. The van der Waals surface area contributed by atoms with Crippen LogP contribution in [0.15, 0.2) is 48.5 Å². The monoisotopic (exact) mass is 342 g/mol. The molecular formula is C18H16NO4S-. The number of aromatic carboxylic acids is 1. The summed E-state index contributed by atoms with van der Waals surface area (Å²) in [5.74, 6) is -0.0787. The largest absolute Gasteiger partial charge is 0.545 e. The molecule has 24 heavy (non-hydrogen) atoms. The molecule has 0 N–H and O–H groups in total. The van der Waals surface area contributed by atoms with E-state index in [1.165, 1.54) is 12.1 Å². The number of amides is 1. The van der Waals surface area contributed by atoms with Gasteiger partial charge in [0.15, 0.2) is 0 Å². The average Bonchev–Trinajstić information content (AvgIpc) is 3.10. The van der Waals surface area contributed by atoms with Gasteiger partial charge >= 0.3 is 0 Å². The smallest absolute Gasteiger partial charge is 0.255 e. The van der Waals surface area contributed by atoms with Gasteiger partial charge in [0.2, 0.25) is 0 Å². The van der Waals surface area contributed by atoms with Crippen LogP contribution >= 0.6 is 11.8 Å². The molecule has 1 heterocycles. The first-order valence-electron chi connectivity index (χ1n) is 7.48. The van der Waals surface area contributed by atoms with Crippen LogP contribution < -0.4 is 9.84 Å². The molecule has 0 aliphatic carbocycles. The first-order valence-corrected chi connectivity index (χ1v) is 8.53. The van der Waals surface area contributed by atoms with Gasteiger partial charge in [-0.2, -0.15) is 0 Å². The zero-order chi connectivity index (χ0) is 17.1.